The van der Waals surface area contributed by atoms with Gasteiger partial charge in [-0.2, -0.15) is 0 Å². The van der Waals surface area contributed by atoms with Gasteiger partial charge in [0.15, 0.2) is 5.13 Å². The van der Waals surface area contributed by atoms with E-state index in [1.807, 2.05) is 6.92 Å². The summed E-state index contributed by atoms with van der Waals surface area (Å²) in [6.07, 6.45) is 0. The molecule has 106 valence electrons. The molecule has 4 nitrogen and oxygen atoms in total. The summed E-state index contributed by atoms with van der Waals surface area (Å²) in [5.74, 6) is 1.68. The molecule has 1 atom stereocenters. The average Bonchev–Trinajstić information content (AvgIpc) is 3.10. The van der Waals surface area contributed by atoms with Crippen LogP contribution in [0.25, 0.3) is 10.6 Å². The first kappa shape index (κ1) is 14.1. The summed E-state index contributed by atoms with van der Waals surface area (Å²) in [7, 11) is 0. The van der Waals surface area contributed by atoms with Crippen LogP contribution < -0.4 is 10.6 Å². The van der Waals surface area contributed by atoms with Crippen molar-refractivity contribution < 1.29 is 4.79 Å². The first-order chi connectivity index (χ1) is 9.63. The van der Waals surface area contributed by atoms with Crippen molar-refractivity contribution in [2.24, 2.45) is 0 Å². The summed E-state index contributed by atoms with van der Waals surface area (Å²) in [4.78, 5) is 20.2. The first-order valence-corrected chi connectivity index (χ1v) is 9.08. The fourth-order valence-corrected chi connectivity index (χ4v) is 4.75. The van der Waals surface area contributed by atoms with Gasteiger partial charge < -0.3 is 5.32 Å². The molecule has 20 heavy (non-hydrogen) atoms. The standard InChI is InChI=1S/C13H15N3OS3/c1-7-3-4-10(19-7)11-8(2)20-13(15-11)16-12(17)9-5-18-6-14-9/h3-4,9,14H,5-6H2,1-2H3,(H,15,16,17). The molecule has 0 aromatic carbocycles. The van der Waals surface area contributed by atoms with Crippen LogP contribution in [-0.4, -0.2) is 28.6 Å². The van der Waals surface area contributed by atoms with Gasteiger partial charge in [0.1, 0.15) is 0 Å². The number of aryl methyl sites for hydroxylation is 2. The highest BCUT2D eigenvalue weighted by Crippen LogP contribution is 2.34. The van der Waals surface area contributed by atoms with Gasteiger partial charge in [-0.3, -0.25) is 10.1 Å². The van der Waals surface area contributed by atoms with E-state index in [0.717, 1.165) is 27.1 Å². The Morgan fingerprint density at radius 2 is 2.25 bits per heavy atom. The Balaban J connectivity index is 1.76. The number of thioether (sulfide) groups is 1. The van der Waals surface area contributed by atoms with Crippen LogP contribution in [0.15, 0.2) is 12.1 Å². The number of amides is 1. The van der Waals surface area contributed by atoms with Crippen LogP contribution in [0.2, 0.25) is 0 Å². The van der Waals surface area contributed by atoms with Gasteiger partial charge in [-0.25, -0.2) is 4.98 Å². The minimum Gasteiger partial charge on any atom is -0.301 e. The molecule has 1 fully saturated rings. The monoisotopic (exact) mass is 325 g/mol. The Morgan fingerprint density at radius 1 is 1.40 bits per heavy atom. The van der Waals surface area contributed by atoms with E-state index in [0.29, 0.717) is 5.13 Å². The SMILES string of the molecule is Cc1ccc(-c2nc(NC(=O)C3CSCN3)sc2C)s1. The number of carbonyl (C=O) groups excluding carboxylic acids is 1. The Kier molecular flexibility index (Phi) is 4.11. The zero-order chi connectivity index (χ0) is 14.1. The van der Waals surface area contributed by atoms with E-state index in [2.05, 4.69) is 34.7 Å². The molecule has 1 unspecified atom stereocenters. The zero-order valence-electron chi connectivity index (χ0n) is 11.2. The largest absolute Gasteiger partial charge is 0.301 e. The number of thiophene rings is 1. The van der Waals surface area contributed by atoms with Crippen molar-refractivity contribution in [1.29, 1.82) is 0 Å². The number of hydrogen-bond donors (Lipinski definition) is 2. The number of nitrogens with one attached hydrogen (secondary N) is 2. The van der Waals surface area contributed by atoms with Crippen LogP contribution in [0.3, 0.4) is 0 Å². The number of nitrogens with zero attached hydrogens (tertiary/aromatic N) is 1. The molecule has 7 heteroatoms. The van der Waals surface area contributed by atoms with Gasteiger partial charge in [0, 0.05) is 21.4 Å². The van der Waals surface area contributed by atoms with Crippen LogP contribution in [0, 0.1) is 13.8 Å². The van der Waals surface area contributed by atoms with Gasteiger partial charge in [-0.1, -0.05) is 0 Å². The van der Waals surface area contributed by atoms with Gasteiger partial charge in [-0.15, -0.1) is 34.4 Å². The molecule has 2 aromatic rings. The van der Waals surface area contributed by atoms with Crippen LogP contribution in [0.1, 0.15) is 9.75 Å². The smallest absolute Gasteiger partial charge is 0.244 e. The Bertz CT molecular complexity index is 629. The van der Waals surface area contributed by atoms with Crippen molar-refractivity contribution in [2.45, 2.75) is 19.9 Å². The van der Waals surface area contributed by atoms with E-state index >= 15 is 0 Å². The van der Waals surface area contributed by atoms with Crippen molar-refractivity contribution in [3.63, 3.8) is 0 Å². The third-order valence-corrected chi connectivity index (χ3v) is 5.87. The quantitative estimate of drug-likeness (QED) is 0.910. The number of rotatable bonds is 3. The maximum absolute atomic E-state index is 12.1. The number of anilines is 1. The van der Waals surface area contributed by atoms with Crippen LogP contribution in [-0.2, 0) is 4.79 Å². The van der Waals surface area contributed by atoms with Gasteiger partial charge in [0.25, 0.3) is 0 Å². The van der Waals surface area contributed by atoms with E-state index < -0.39 is 0 Å². The molecule has 1 saturated heterocycles. The summed E-state index contributed by atoms with van der Waals surface area (Å²) >= 11 is 5.00. The average molecular weight is 325 g/mol. The van der Waals surface area contributed by atoms with Crippen LogP contribution >= 0.6 is 34.4 Å². The van der Waals surface area contributed by atoms with Crippen molar-refractivity contribution in [1.82, 2.24) is 10.3 Å². The number of carbonyl (C=O) groups is 1. The molecule has 3 rings (SSSR count). The van der Waals surface area contributed by atoms with E-state index in [-0.39, 0.29) is 11.9 Å². The molecule has 1 aliphatic rings. The van der Waals surface area contributed by atoms with Crippen molar-refractivity contribution >= 4 is 45.5 Å². The molecule has 2 aromatic heterocycles. The molecule has 2 N–H and O–H groups in total. The maximum atomic E-state index is 12.1. The predicted octanol–water partition coefficient (Wildman–Crippen LogP) is 3.09. The molecule has 1 aliphatic heterocycles. The minimum atomic E-state index is -0.100. The van der Waals surface area contributed by atoms with Gasteiger partial charge in [-0.05, 0) is 26.0 Å². The summed E-state index contributed by atoms with van der Waals surface area (Å²) < 4.78 is 0. The summed E-state index contributed by atoms with van der Waals surface area (Å²) in [5.41, 5.74) is 0.983. The van der Waals surface area contributed by atoms with Crippen LogP contribution in [0.5, 0.6) is 0 Å². The zero-order valence-corrected chi connectivity index (χ0v) is 13.7. The lowest BCUT2D eigenvalue weighted by Crippen LogP contribution is -2.37. The predicted molar refractivity (Wildman–Crippen MR) is 87.8 cm³/mol. The number of hydrogen-bond acceptors (Lipinski definition) is 6. The maximum Gasteiger partial charge on any atom is 0.244 e. The molecule has 0 saturated carbocycles. The molecule has 0 spiro atoms. The Labute approximate surface area is 130 Å². The lowest BCUT2D eigenvalue weighted by Gasteiger charge is -2.07. The second kappa shape index (κ2) is 5.85. The summed E-state index contributed by atoms with van der Waals surface area (Å²) in [6.45, 7) is 4.13. The highest BCUT2D eigenvalue weighted by Gasteiger charge is 2.23. The molecule has 1 amide bonds. The summed E-state index contributed by atoms with van der Waals surface area (Å²) in [6, 6.07) is 4.08. The highest BCUT2D eigenvalue weighted by molar-refractivity contribution is 7.99. The second-order valence-electron chi connectivity index (χ2n) is 4.60. The highest BCUT2D eigenvalue weighted by atomic mass is 32.2. The van der Waals surface area contributed by atoms with Crippen molar-refractivity contribution in [3.05, 3.63) is 21.9 Å². The molecule has 3 heterocycles. The molecular weight excluding hydrogens is 310 g/mol. The lowest BCUT2D eigenvalue weighted by atomic mass is 10.3. The van der Waals surface area contributed by atoms with Crippen LogP contribution in [0.4, 0.5) is 5.13 Å². The van der Waals surface area contributed by atoms with E-state index in [1.54, 1.807) is 23.1 Å². The number of thiazole rings is 1. The second-order valence-corrected chi connectivity index (χ2v) is 8.12. The summed E-state index contributed by atoms with van der Waals surface area (Å²) in [5, 5.41) is 6.77. The topological polar surface area (TPSA) is 54.0 Å². The molecule has 0 radical (unpaired) electrons. The Morgan fingerprint density at radius 3 is 2.90 bits per heavy atom. The van der Waals surface area contributed by atoms with Gasteiger partial charge >= 0.3 is 0 Å². The third-order valence-electron chi connectivity index (χ3n) is 3.03. The minimum absolute atomic E-state index is 0.0117. The fourth-order valence-electron chi connectivity index (χ4n) is 2.00. The normalized spacial score (nSPS) is 18.4. The van der Waals surface area contributed by atoms with E-state index in [9.17, 15) is 4.79 Å². The van der Waals surface area contributed by atoms with E-state index in [1.165, 1.54) is 16.2 Å². The molecule has 0 aliphatic carbocycles. The third kappa shape index (κ3) is 2.90. The lowest BCUT2D eigenvalue weighted by molar-refractivity contribution is -0.117. The van der Waals surface area contributed by atoms with E-state index in [4.69, 9.17) is 0 Å². The van der Waals surface area contributed by atoms with Crippen molar-refractivity contribution in [2.75, 3.05) is 16.9 Å². The molecular formula is C13H15N3OS3. The molecule has 0 bridgehead atoms. The van der Waals surface area contributed by atoms with Gasteiger partial charge in [0.05, 0.1) is 16.6 Å². The number of aromatic nitrogens is 1. The van der Waals surface area contributed by atoms with Gasteiger partial charge in [0.2, 0.25) is 5.91 Å². The first-order valence-electron chi connectivity index (χ1n) is 6.30. The fraction of sp³-hybridized carbons (Fsp3) is 0.385. The van der Waals surface area contributed by atoms with Crippen molar-refractivity contribution in [3.8, 4) is 10.6 Å². The Hall–Kier alpha value is -0.890.